The van der Waals surface area contributed by atoms with Gasteiger partial charge in [0.1, 0.15) is 11.3 Å². The quantitative estimate of drug-likeness (QED) is 0.700. The molecule has 29 heavy (non-hydrogen) atoms. The van der Waals surface area contributed by atoms with Crippen LogP contribution < -0.4 is 10.9 Å². The first-order valence-corrected chi connectivity index (χ1v) is 9.60. The van der Waals surface area contributed by atoms with Crippen molar-refractivity contribution in [3.63, 3.8) is 0 Å². The number of hydrogen-bond donors (Lipinski definition) is 1. The molecule has 0 aliphatic carbocycles. The van der Waals surface area contributed by atoms with E-state index in [1.165, 1.54) is 11.7 Å². The fraction of sp³-hybridized carbons (Fsp3) is 0.350. The summed E-state index contributed by atoms with van der Waals surface area (Å²) in [5.41, 5.74) is 0.908. The summed E-state index contributed by atoms with van der Waals surface area (Å²) in [5, 5.41) is 12.2. The van der Waals surface area contributed by atoms with E-state index in [0.717, 1.165) is 6.42 Å². The average Bonchev–Trinajstić information content (AvgIpc) is 3.37. The lowest BCUT2D eigenvalue weighted by molar-refractivity contribution is 0.0721. The van der Waals surface area contributed by atoms with Gasteiger partial charge in [-0.1, -0.05) is 23.4 Å². The van der Waals surface area contributed by atoms with E-state index in [9.17, 15) is 14.4 Å². The summed E-state index contributed by atoms with van der Waals surface area (Å²) in [6, 6.07) is 6.59. The molecule has 0 radical (unpaired) electrons. The Labute approximate surface area is 165 Å². The SMILES string of the molecule is Cn1nc(C(=O)N2CCCC2c2noc3c2C(=O)NCC3)c2ccccc2c1=O. The molecule has 1 atom stereocenters. The number of carbonyl (C=O) groups excluding carboxylic acids is 2. The summed E-state index contributed by atoms with van der Waals surface area (Å²) >= 11 is 0. The topological polar surface area (TPSA) is 110 Å². The molecular formula is C20H19N5O4. The molecule has 5 rings (SSSR count). The third-order valence-corrected chi connectivity index (χ3v) is 5.64. The number of carbonyl (C=O) groups is 2. The van der Waals surface area contributed by atoms with Gasteiger partial charge in [-0.3, -0.25) is 14.4 Å². The van der Waals surface area contributed by atoms with Crippen LogP contribution in [0.4, 0.5) is 0 Å². The molecule has 2 aliphatic heterocycles. The molecule has 9 nitrogen and oxygen atoms in total. The van der Waals surface area contributed by atoms with Crippen LogP contribution in [0.25, 0.3) is 10.8 Å². The normalized spacial score (nSPS) is 18.7. The van der Waals surface area contributed by atoms with Crippen molar-refractivity contribution in [2.24, 2.45) is 7.05 Å². The third-order valence-electron chi connectivity index (χ3n) is 5.64. The van der Waals surface area contributed by atoms with Crippen LogP contribution in [-0.2, 0) is 13.5 Å². The van der Waals surface area contributed by atoms with Crippen LogP contribution in [0.5, 0.6) is 0 Å². The molecule has 9 heteroatoms. The van der Waals surface area contributed by atoms with Crippen LogP contribution in [-0.4, -0.2) is 44.7 Å². The van der Waals surface area contributed by atoms with Crippen LogP contribution in [0.2, 0.25) is 0 Å². The minimum atomic E-state index is -0.364. The van der Waals surface area contributed by atoms with Gasteiger partial charge in [0.05, 0.1) is 11.4 Å². The second kappa shape index (κ2) is 6.54. The van der Waals surface area contributed by atoms with Gasteiger partial charge in [-0.05, 0) is 18.9 Å². The highest BCUT2D eigenvalue weighted by Gasteiger charge is 2.39. The van der Waals surface area contributed by atoms with Gasteiger partial charge in [0, 0.05) is 31.9 Å². The van der Waals surface area contributed by atoms with Crippen molar-refractivity contribution >= 4 is 22.6 Å². The predicted octanol–water partition coefficient (Wildman–Crippen LogP) is 1.18. The van der Waals surface area contributed by atoms with Gasteiger partial charge < -0.3 is 14.7 Å². The number of aryl methyl sites for hydroxylation is 1. The zero-order chi connectivity index (χ0) is 20.1. The molecular weight excluding hydrogens is 374 g/mol. The van der Waals surface area contributed by atoms with Crippen molar-refractivity contribution in [2.75, 3.05) is 13.1 Å². The number of aromatic nitrogens is 3. The van der Waals surface area contributed by atoms with E-state index in [1.807, 2.05) is 0 Å². The molecule has 3 aromatic rings. The Morgan fingerprint density at radius 3 is 2.86 bits per heavy atom. The number of rotatable bonds is 2. The van der Waals surface area contributed by atoms with Gasteiger partial charge >= 0.3 is 0 Å². The van der Waals surface area contributed by atoms with E-state index in [0.29, 0.717) is 53.7 Å². The lowest BCUT2D eigenvalue weighted by Gasteiger charge is -2.24. The molecule has 0 saturated carbocycles. The maximum absolute atomic E-state index is 13.5. The van der Waals surface area contributed by atoms with Crippen LogP contribution in [0.1, 0.15) is 51.2 Å². The Hall–Kier alpha value is -3.49. The number of amides is 2. The Morgan fingerprint density at radius 1 is 1.24 bits per heavy atom. The molecule has 2 amide bonds. The Morgan fingerprint density at radius 2 is 2.03 bits per heavy atom. The Balaban J connectivity index is 1.59. The zero-order valence-corrected chi connectivity index (χ0v) is 15.8. The first-order chi connectivity index (χ1) is 14.1. The summed E-state index contributed by atoms with van der Waals surface area (Å²) < 4.78 is 6.59. The van der Waals surface area contributed by atoms with Gasteiger partial charge in [-0.15, -0.1) is 0 Å². The first kappa shape index (κ1) is 17.6. The summed E-state index contributed by atoms with van der Waals surface area (Å²) in [7, 11) is 1.53. The number of nitrogens with zero attached hydrogens (tertiary/aromatic N) is 4. The smallest absolute Gasteiger partial charge is 0.275 e. The summed E-state index contributed by atoms with van der Waals surface area (Å²) in [4.78, 5) is 39.9. The molecule has 2 aliphatic rings. The maximum atomic E-state index is 13.5. The van der Waals surface area contributed by atoms with Crippen LogP contribution in [0.3, 0.4) is 0 Å². The highest BCUT2D eigenvalue weighted by Crippen LogP contribution is 2.36. The third kappa shape index (κ3) is 2.65. The number of benzene rings is 1. The van der Waals surface area contributed by atoms with E-state index >= 15 is 0 Å². The molecule has 1 unspecified atom stereocenters. The number of nitrogens with one attached hydrogen (secondary N) is 1. The van der Waals surface area contributed by atoms with Crippen LogP contribution in [0.15, 0.2) is 33.6 Å². The number of hydrogen-bond acceptors (Lipinski definition) is 6. The van der Waals surface area contributed by atoms with Gasteiger partial charge in [0.25, 0.3) is 17.4 Å². The second-order valence-electron chi connectivity index (χ2n) is 7.35. The summed E-state index contributed by atoms with van der Waals surface area (Å²) in [6.07, 6.45) is 2.05. The highest BCUT2D eigenvalue weighted by molar-refractivity contribution is 6.05. The largest absolute Gasteiger partial charge is 0.360 e. The van der Waals surface area contributed by atoms with Gasteiger partial charge in [0.15, 0.2) is 11.5 Å². The second-order valence-corrected chi connectivity index (χ2v) is 7.35. The molecule has 0 bridgehead atoms. The van der Waals surface area contributed by atoms with Crippen LogP contribution >= 0.6 is 0 Å². The van der Waals surface area contributed by atoms with Gasteiger partial charge in [-0.2, -0.15) is 5.10 Å². The maximum Gasteiger partial charge on any atom is 0.275 e. The Kier molecular flexibility index (Phi) is 3.97. The first-order valence-electron chi connectivity index (χ1n) is 9.60. The lowest BCUT2D eigenvalue weighted by atomic mass is 10.0. The molecule has 1 fully saturated rings. The van der Waals surface area contributed by atoms with Gasteiger partial charge in [0.2, 0.25) is 0 Å². The van der Waals surface area contributed by atoms with Crippen molar-refractivity contribution in [1.29, 1.82) is 0 Å². The zero-order valence-electron chi connectivity index (χ0n) is 15.8. The monoisotopic (exact) mass is 393 g/mol. The number of fused-ring (bicyclic) bond motifs is 2. The van der Waals surface area contributed by atoms with E-state index in [4.69, 9.17) is 4.52 Å². The minimum absolute atomic E-state index is 0.215. The molecule has 148 valence electrons. The Bertz CT molecular complexity index is 1210. The van der Waals surface area contributed by atoms with Crippen molar-refractivity contribution in [1.82, 2.24) is 25.2 Å². The molecule has 2 aromatic heterocycles. The van der Waals surface area contributed by atoms with E-state index < -0.39 is 0 Å². The minimum Gasteiger partial charge on any atom is -0.360 e. The van der Waals surface area contributed by atoms with Crippen LogP contribution in [0, 0.1) is 0 Å². The summed E-state index contributed by atoms with van der Waals surface area (Å²) in [5.74, 6) is 0.0634. The molecule has 4 heterocycles. The summed E-state index contributed by atoms with van der Waals surface area (Å²) in [6.45, 7) is 1.04. The predicted molar refractivity (Wildman–Crippen MR) is 103 cm³/mol. The van der Waals surface area contributed by atoms with E-state index in [1.54, 1.807) is 29.2 Å². The van der Waals surface area contributed by atoms with Crippen molar-refractivity contribution in [2.45, 2.75) is 25.3 Å². The van der Waals surface area contributed by atoms with Gasteiger partial charge in [-0.25, -0.2) is 4.68 Å². The van der Waals surface area contributed by atoms with Crippen molar-refractivity contribution in [3.8, 4) is 0 Å². The standard InChI is InChI=1S/C20H19N5O4/c1-24-19(27)12-6-3-2-5-11(12)16(22-24)20(28)25-10-4-7-13(25)17-15-14(29-23-17)8-9-21-18(15)26/h2-3,5-6,13H,4,7-10H2,1H3,(H,21,26). The van der Waals surface area contributed by atoms with Crippen molar-refractivity contribution < 1.29 is 14.1 Å². The molecule has 1 saturated heterocycles. The molecule has 0 spiro atoms. The fourth-order valence-electron chi connectivity index (χ4n) is 4.25. The fourth-order valence-corrected chi connectivity index (χ4v) is 4.25. The lowest BCUT2D eigenvalue weighted by Crippen LogP contribution is -2.36. The molecule has 1 aromatic carbocycles. The molecule has 1 N–H and O–H groups in total. The van der Waals surface area contributed by atoms with E-state index in [2.05, 4.69) is 15.6 Å². The van der Waals surface area contributed by atoms with E-state index in [-0.39, 0.29) is 29.1 Å². The number of likely N-dealkylation sites (tertiary alicyclic amines) is 1. The van der Waals surface area contributed by atoms with Crippen molar-refractivity contribution in [3.05, 3.63) is 57.3 Å². The highest BCUT2D eigenvalue weighted by atomic mass is 16.5. The average molecular weight is 393 g/mol.